The molecule has 2 amide bonds. The Kier molecular flexibility index (Phi) is 8.53. The molecule has 1 unspecified atom stereocenters. The van der Waals surface area contributed by atoms with Crippen molar-refractivity contribution >= 4 is 23.6 Å². The Balaban J connectivity index is 1.31. The highest BCUT2D eigenvalue weighted by molar-refractivity contribution is 6.22. The topological polar surface area (TPSA) is 114 Å². The quantitative estimate of drug-likeness (QED) is 0.253. The van der Waals surface area contributed by atoms with Gasteiger partial charge in [-0.3, -0.25) is 14.4 Å². The number of benzene rings is 2. The van der Waals surface area contributed by atoms with Crippen LogP contribution in [0.25, 0.3) is 11.1 Å². The van der Waals surface area contributed by atoms with Gasteiger partial charge in [0.2, 0.25) is 5.91 Å². The van der Waals surface area contributed by atoms with Crippen LogP contribution in [0.1, 0.15) is 63.5 Å². The number of ketones is 2. The molecule has 2 aliphatic carbocycles. The SMILES string of the molecule is CNC(=O)C(CCCNC(C)=C1C(=O)CC(C)(C)CC1=O)NC(=O)OCC1c2ccccc2-c2ccccc21. The van der Waals surface area contributed by atoms with E-state index in [1.807, 2.05) is 50.2 Å². The van der Waals surface area contributed by atoms with E-state index in [1.165, 1.54) is 7.05 Å². The Hall–Kier alpha value is -3.94. The van der Waals surface area contributed by atoms with Gasteiger partial charge in [0.25, 0.3) is 0 Å². The molecule has 1 fully saturated rings. The molecule has 1 saturated carbocycles. The average Bonchev–Trinajstić information content (AvgIpc) is 3.21. The molecular weight excluding hydrogens is 494 g/mol. The second-order valence-corrected chi connectivity index (χ2v) is 11.1. The van der Waals surface area contributed by atoms with Crippen LogP contribution in [0.15, 0.2) is 59.8 Å². The van der Waals surface area contributed by atoms with Crippen LogP contribution >= 0.6 is 0 Å². The van der Waals surface area contributed by atoms with E-state index in [0.29, 0.717) is 37.9 Å². The lowest BCUT2D eigenvalue weighted by Gasteiger charge is -2.29. The zero-order valence-electron chi connectivity index (χ0n) is 23.1. The van der Waals surface area contributed by atoms with E-state index in [4.69, 9.17) is 4.74 Å². The smallest absolute Gasteiger partial charge is 0.407 e. The summed E-state index contributed by atoms with van der Waals surface area (Å²) in [6, 6.07) is 15.4. The first-order chi connectivity index (χ1) is 18.6. The molecule has 0 aliphatic heterocycles. The third-order valence-electron chi connectivity index (χ3n) is 7.47. The van der Waals surface area contributed by atoms with Gasteiger partial charge in [-0.05, 0) is 47.4 Å². The number of fused-ring (bicyclic) bond motifs is 3. The zero-order chi connectivity index (χ0) is 28.2. The van der Waals surface area contributed by atoms with E-state index >= 15 is 0 Å². The molecule has 8 nitrogen and oxygen atoms in total. The van der Waals surface area contributed by atoms with Gasteiger partial charge in [0.05, 0.1) is 5.57 Å². The fourth-order valence-corrected chi connectivity index (χ4v) is 5.58. The van der Waals surface area contributed by atoms with Gasteiger partial charge in [-0.2, -0.15) is 0 Å². The Bertz CT molecular complexity index is 1250. The molecule has 1 atom stereocenters. The summed E-state index contributed by atoms with van der Waals surface area (Å²) >= 11 is 0. The third-order valence-corrected chi connectivity index (χ3v) is 7.47. The monoisotopic (exact) mass is 531 g/mol. The second kappa shape index (κ2) is 11.8. The highest BCUT2D eigenvalue weighted by Gasteiger charge is 2.36. The second-order valence-electron chi connectivity index (χ2n) is 11.1. The Labute approximate surface area is 229 Å². The number of alkyl carbamates (subject to hydrolysis) is 1. The van der Waals surface area contributed by atoms with E-state index in [0.717, 1.165) is 22.3 Å². The molecule has 8 heteroatoms. The van der Waals surface area contributed by atoms with Crippen LogP contribution in [-0.4, -0.2) is 49.8 Å². The molecule has 2 aromatic carbocycles. The molecule has 0 bridgehead atoms. The predicted octanol–water partition coefficient (Wildman–Crippen LogP) is 4.24. The summed E-state index contributed by atoms with van der Waals surface area (Å²) in [5.74, 6) is -0.668. The highest BCUT2D eigenvalue weighted by atomic mass is 16.5. The maximum absolute atomic E-state index is 12.7. The molecular formula is C31H37N3O5. The van der Waals surface area contributed by atoms with E-state index in [-0.39, 0.29) is 41.0 Å². The van der Waals surface area contributed by atoms with Crippen molar-refractivity contribution in [2.75, 3.05) is 20.2 Å². The fraction of sp³-hybridized carbons (Fsp3) is 0.419. The number of rotatable bonds is 9. The molecule has 0 radical (unpaired) electrons. The van der Waals surface area contributed by atoms with Gasteiger partial charge in [-0.1, -0.05) is 62.4 Å². The minimum Gasteiger partial charge on any atom is -0.449 e. The van der Waals surface area contributed by atoms with Crippen LogP contribution in [-0.2, 0) is 19.1 Å². The largest absolute Gasteiger partial charge is 0.449 e. The van der Waals surface area contributed by atoms with Crippen molar-refractivity contribution in [3.05, 3.63) is 70.9 Å². The lowest BCUT2D eigenvalue weighted by Crippen LogP contribution is -2.46. The molecule has 4 rings (SSSR count). The summed E-state index contributed by atoms with van der Waals surface area (Å²) in [6.07, 6.45) is 0.915. The van der Waals surface area contributed by atoms with Gasteiger partial charge in [-0.15, -0.1) is 0 Å². The van der Waals surface area contributed by atoms with Crippen LogP contribution in [0, 0.1) is 5.41 Å². The number of ether oxygens (including phenoxy) is 1. The minimum atomic E-state index is -0.779. The van der Waals surface area contributed by atoms with Crippen molar-refractivity contribution in [1.82, 2.24) is 16.0 Å². The van der Waals surface area contributed by atoms with E-state index < -0.39 is 12.1 Å². The summed E-state index contributed by atoms with van der Waals surface area (Å²) in [6.45, 7) is 6.18. The zero-order valence-corrected chi connectivity index (χ0v) is 23.1. The maximum atomic E-state index is 12.7. The summed E-state index contributed by atoms with van der Waals surface area (Å²) in [5, 5.41) is 8.43. The van der Waals surface area contributed by atoms with Crippen molar-refractivity contribution < 1.29 is 23.9 Å². The number of amides is 2. The number of Topliss-reactive ketones (excluding diaryl/α,β-unsaturated/α-hetero) is 2. The van der Waals surface area contributed by atoms with Gasteiger partial charge < -0.3 is 20.7 Å². The number of likely N-dealkylation sites (N-methyl/N-ethyl adjacent to an activating group) is 1. The summed E-state index contributed by atoms with van der Waals surface area (Å²) in [5.41, 5.74) is 5.00. The van der Waals surface area contributed by atoms with Gasteiger partial charge in [0, 0.05) is 38.0 Å². The molecule has 2 aromatic rings. The minimum absolute atomic E-state index is 0.0717. The Morgan fingerprint density at radius 1 is 0.974 bits per heavy atom. The van der Waals surface area contributed by atoms with Crippen LogP contribution in [0.4, 0.5) is 4.79 Å². The first-order valence-electron chi connectivity index (χ1n) is 13.5. The van der Waals surface area contributed by atoms with Crippen LogP contribution in [0.3, 0.4) is 0 Å². The summed E-state index contributed by atoms with van der Waals surface area (Å²) in [4.78, 5) is 50.2. The normalized spacial score (nSPS) is 16.7. The molecule has 0 heterocycles. The van der Waals surface area contributed by atoms with Gasteiger partial charge in [0.1, 0.15) is 12.6 Å². The van der Waals surface area contributed by atoms with Gasteiger partial charge >= 0.3 is 6.09 Å². The van der Waals surface area contributed by atoms with Gasteiger partial charge in [0.15, 0.2) is 11.6 Å². The van der Waals surface area contributed by atoms with E-state index in [2.05, 4.69) is 28.1 Å². The number of hydrogen-bond acceptors (Lipinski definition) is 6. The van der Waals surface area contributed by atoms with Crippen LogP contribution in [0.5, 0.6) is 0 Å². The maximum Gasteiger partial charge on any atom is 0.407 e. The molecule has 39 heavy (non-hydrogen) atoms. The summed E-state index contributed by atoms with van der Waals surface area (Å²) < 4.78 is 5.60. The van der Waals surface area contributed by atoms with Crippen molar-refractivity contribution in [2.45, 2.75) is 58.4 Å². The van der Waals surface area contributed by atoms with Crippen LogP contribution < -0.4 is 16.0 Å². The third kappa shape index (κ3) is 6.38. The predicted molar refractivity (Wildman–Crippen MR) is 149 cm³/mol. The molecule has 2 aliphatic rings. The first kappa shape index (κ1) is 28.1. The number of carbonyl (C=O) groups is 4. The average molecular weight is 532 g/mol. The van der Waals surface area contributed by atoms with Crippen molar-refractivity contribution in [3.63, 3.8) is 0 Å². The van der Waals surface area contributed by atoms with Crippen LogP contribution in [0.2, 0.25) is 0 Å². The Morgan fingerprint density at radius 2 is 1.54 bits per heavy atom. The van der Waals surface area contributed by atoms with Crippen molar-refractivity contribution in [3.8, 4) is 11.1 Å². The van der Waals surface area contributed by atoms with Gasteiger partial charge in [-0.25, -0.2) is 4.79 Å². The first-order valence-corrected chi connectivity index (χ1v) is 13.5. The number of carbonyl (C=O) groups excluding carboxylic acids is 4. The number of nitrogens with one attached hydrogen (secondary N) is 3. The lowest BCUT2D eigenvalue weighted by atomic mass is 9.73. The molecule has 0 saturated heterocycles. The van der Waals surface area contributed by atoms with Crippen molar-refractivity contribution in [1.29, 1.82) is 0 Å². The molecule has 206 valence electrons. The molecule has 0 aromatic heterocycles. The Morgan fingerprint density at radius 3 is 2.10 bits per heavy atom. The van der Waals surface area contributed by atoms with E-state index in [1.54, 1.807) is 6.92 Å². The number of hydrogen-bond donors (Lipinski definition) is 3. The number of allylic oxidation sites excluding steroid dienone is 2. The van der Waals surface area contributed by atoms with E-state index in [9.17, 15) is 19.2 Å². The van der Waals surface area contributed by atoms with Crippen molar-refractivity contribution in [2.24, 2.45) is 5.41 Å². The highest BCUT2D eigenvalue weighted by Crippen LogP contribution is 2.44. The molecule has 3 N–H and O–H groups in total. The summed E-state index contributed by atoms with van der Waals surface area (Å²) in [7, 11) is 1.52. The standard InChI is InChI=1S/C31H37N3O5/c1-19(28-26(35)16-31(2,3)17-27(28)36)33-15-9-14-25(29(37)32-4)34-30(38)39-18-24-22-12-7-5-10-20(22)21-11-6-8-13-23(21)24/h5-8,10-13,24-25,33H,9,14-18H2,1-4H3,(H,32,37)(H,34,38). The fourth-order valence-electron chi connectivity index (χ4n) is 5.58. The lowest BCUT2D eigenvalue weighted by molar-refractivity contribution is -0.127. The molecule has 0 spiro atoms.